The fourth-order valence-electron chi connectivity index (χ4n) is 1.82. The van der Waals surface area contributed by atoms with E-state index in [1.165, 1.54) is 12.1 Å². The summed E-state index contributed by atoms with van der Waals surface area (Å²) in [6, 6.07) is 4.68. The fraction of sp³-hybridized carbons (Fsp3) is 0.364. The maximum atomic E-state index is 11.9. The maximum absolute atomic E-state index is 11.9. The van der Waals surface area contributed by atoms with Gasteiger partial charge in [-0.05, 0) is 18.6 Å². The number of anilines is 1. The molecule has 1 saturated heterocycles. The Labute approximate surface area is 110 Å². The normalized spacial score (nSPS) is 21.7. The van der Waals surface area contributed by atoms with Gasteiger partial charge in [-0.2, -0.15) is 0 Å². The average molecular weight is 290 g/mol. The predicted octanol–water partition coefficient (Wildman–Crippen LogP) is 1.27. The van der Waals surface area contributed by atoms with Crippen molar-refractivity contribution in [3.05, 3.63) is 28.8 Å². The van der Waals surface area contributed by atoms with Gasteiger partial charge in [-0.15, -0.1) is 0 Å². The maximum Gasteiger partial charge on any atom is 0.342 e. The quantitative estimate of drug-likeness (QED) is 0.654. The zero-order chi connectivity index (χ0) is 13.3. The van der Waals surface area contributed by atoms with E-state index in [1.807, 2.05) is 0 Å². The van der Waals surface area contributed by atoms with E-state index in [1.54, 1.807) is 6.07 Å². The number of halogens is 1. The van der Waals surface area contributed by atoms with Gasteiger partial charge < -0.3 is 10.5 Å². The minimum Gasteiger partial charge on any atom is -0.458 e. The molecule has 2 N–H and O–H groups in total. The summed E-state index contributed by atoms with van der Waals surface area (Å²) in [6.45, 7) is 0. The summed E-state index contributed by atoms with van der Waals surface area (Å²) in [4.78, 5) is 11.9. The standard InChI is InChI=1S/C11H12ClNO4S/c12-8-2-1-3-9(13)10(8)11(14)17-7-4-5-18(15,16)6-7/h1-3,7H,4-6,13H2. The highest BCUT2D eigenvalue weighted by Crippen LogP contribution is 2.24. The van der Waals surface area contributed by atoms with E-state index in [-0.39, 0.29) is 27.8 Å². The molecule has 0 saturated carbocycles. The van der Waals surface area contributed by atoms with Gasteiger partial charge in [0.05, 0.1) is 16.5 Å². The van der Waals surface area contributed by atoms with Crippen LogP contribution in [0.1, 0.15) is 16.8 Å². The minimum absolute atomic E-state index is 0.0446. The van der Waals surface area contributed by atoms with Crippen molar-refractivity contribution in [1.29, 1.82) is 0 Å². The lowest BCUT2D eigenvalue weighted by atomic mass is 10.2. The summed E-state index contributed by atoms with van der Waals surface area (Å²) in [5.74, 6) is -0.772. The third-order valence-electron chi connectivity index (χ3n) is 2.71. The molecule has 5 nitrogen and oxygen atoms in total. The second-order valence-corrected chi connectivity index (χ2v) is 6.77. The van der Waals surface area contributed by atoms with Gasteiger partial charge in [0, 0.05) is 5.69 Å². The van der Waals surface area contributed by atoms with E-state index in [0.29, 0.717) is 6.42 Å². The molecule has 0 aromatic heterocycles. The van der Waals surface area contributed by atoms with Crippen LogP contribution in [-0.2, 0) is 14.6 Å². The van der Waals surface area contributed by atoms with Crippen molar-refractivity contribution < 1.29 is 17.9 Å². The molecule has 98 valence electrons. The third kappa shape index (κ3) is 2.76. The molecular formula is C11H12ClNO4S. The number of carbonyl (C=O) groups excluding carboxylic acids is 1. The number of rotatable bonds is 2. The van der Waals surface area contributed by atoms with Gasteiger partial charge in [0.25, 0.3) is 0 Å². The molecule has 1 aromatic carbocycles. The van der Waals surface area contributed by atoms with E-state index in [4.69, 9.17) is 22.1 Å². The van der Waals surface area contributed by atoms with Gasteiger partial charge in [0.2, 0.25) is 0 Å². The van der Waals surface area contributed by atoms with Crippen LogP contribution in [0.25, 0.3) is 0 Å². The molecule has 0 spiro atoms. The number of hydrogen-bond acceptors (Lipinski definition) is 5. The predicted molar refractivity (Wildman–Crippen MR) is 68.3 cm³/mol. The van der Waals surface area contributed by atoms with Crippen molar-refractivity contribution in [2.45, 2.75) is 12.5 Å². The molecule has 1 aromatic rings. The Balaban J connectivity index is 2.14. The lowest BCUT2D eigenvalue weighted by Crippen LogP contribution is -2.20. The first-order valence-electron chi connectivity index (χ1n) is 5.34. The molecule has 2 rings (SSSR count). The largest absolute Gasteiger partial charge is 0.458 e. The SMILES string of the molecule is Nc1cccc(Cl)c1C(=O)OC1CCS(=O)(=O)C1. The molecule has 1 unspecified atom stereocenters. The first-order chi connectivity index (χ1) is 8.39. The van der Waals surface area contributed by atoms with Crippen LogP contribution in [-0.4, -0.2) is 32.0 Å². The summed E-state index contributed by atoms with van der Waals surface area (Å²) in [5, 5.41) is 0.195. The monoisotopic (exact) mass is 289 g/mol. The Bertz CT molecular complexity index is 564. The Hall–Kier alpha value is -1.27. The van der Waals surface area contributed by atoms with Crippen molar-refractivity contribution in [3.8, 4) is 0 Å². The van der Waals surface area contributed by atoms with E-state index < -0.39 is 21.9 Å². The molecule has 0 radical (unpaired) electrons. The number of ether oxygens (including phenoxy) is 1. The molecule has 1 fully saturated rings. The summed E-state index contributed by atoms with van der Waals surface area (Å²) in [6.07, 6.45) is -0.295. The van der Waals surface area contributed by atoms with Crippen molar-refractivity contribution >= 4 is 33.1 Å². The van der Waals surface area contributed by atoms with Crippen LogP contribution in [0.4, 0.5) is 5.69 Å². The minimum atomic E-state index is -3.08. The van der Waals surface area contributed by atoms with Gasteiger partial charge in [0.15, 0.2) is 9.84 Å². The number of esters is 1. The van der Waals surface area contributed by atoms with Gasteiger partial charge in [0.1, 0.15) is 11.7 Å². The molecule has 0 amide bonds. The molecule has 7 heteroatoms. The highest BCUT2D eigenvalue weighted by atomic mass is 35.5. The lowest BCUT2D eigenvalue weighted by molar-refractivity contribution is 0.0358. The first-order valence-corrected chi connectivity index (χ1v) is 7.54. The van der Waals surface area contributed by atoms with E-state index in [0.717, 1.165) is 0 Å². The van der Waals surface area contributed by atoms with E-state index in [2.05, 4.69) is 0 Å². The van der Waals surface area contributed by atoms with Crippen LogP contribution in [0.15, 0.2) is 18.2 Å². The van der Waals surface area contributed by atoms with Gasteiger partial charge >= 0.3 is 5.97 Å². The highest BCUT2D eigenvalue weighted by molar-refractivity contribution is 7.91. The summed E-state index contributed by atoms with van der Waals surface area (Å²) in [7, 11) is -3.08. The fourth-order valence-corrected chi connectivity index (χ4v) is 3.67. The summed E-state index contributed by atoms with van der Waals surface area (Å²) in [5.41, 5.74) is 5.95. The Morgan fingerprint density at radius 2 is 2.17 bits per heavy atom. The number of hydrogen-bond donors (Lipinski definition) is 1. The van der Waals surface area contributed by atoms with Crippen molar-refractivity contribution in [3.63, 3.8) is 0 Å². The van der Waals surface area contributed by atoms with Crippen molar-refractivity contribution in [2.24, 2.45) is 0 Å². The van der Waals surface area contributed by atoms with Crippen LogP contribution < -0.4 is 5.73 Å². The molecule has 18 heavy (non-hydrogen) atoms. The zero-order valence-corrected chi connectivity index (χ0v) is 11.0. The second kappa shape index (κ2) is 4.78. The topological polar surface area (TPSA) is 86.5 Å². The summed E-state index contributed by atoms with van der Waals surface area (Å²) >= 11 is 5.87. The second-order valence-electron chi connectivity index (χ2n) is 4.13. The van der Waals surface area contributed by atoms with E-state index >= 15 is 0 Å². The van der Waals surface area contributed by atoms with Crippen LogP contribution in [0.3, 0.4) is 0 Å². The Morgan fingerprint density at radius 1 is 1.44 bits per heavy atom. The molecule has 1 aliphatic rings. The van der Waals surface area contributed by atoms with Crippen molar-refractivity contribution in [2.75, 3.05) is 17.2 Å². The number of carbonyl (C=O) groups is 1. The smallest absolute Gasteiger partial charge is 0.342 e. The molecule has 1 heterocycles. The van der Waals surface area contributed by atoms with Gasteiger partial charge in [-0.1, -0.05) is 17.7 Å². The Morgan fingerprint density at radius 3 is 2.72 bits per heavy atom. The summed E-state index contributed by atoms with van der Waals surface area (Å²) < 4.78 is 27.6. The average Bonchev–Trinajstić information content (AvgIpc) is 2.57. The van der Waals surface area contributed by atoms with Crippen molar-refractivity contribution in [1.82, 2.24) is 0 Å². The molecule has 0 aliphatic carbocycles. The molecule has 1 aliphatic heterocycles. The van der Waals surface area contributed by atoms with Crippen LogP contribution in [0.5, 0.6) is 0 Å². The van der Waals surface area contributed by atoms with Crippen LogP contribution in [0, 0.1) is 0 Å². The number of nitrogens with two attached hydrogens (primary N) is 1. The van der Waals surface area contributed by atoms with E-state index in [9.17, 15) is 13.2 Å². The Kier molecular flexibility index (Phi) is 3.49. The zero-order valence-electron chi connectivity index (χ0n) is 9.43. The van der Waals surface area contributed by atoms with Gasteiger partial charge in [-0.25, -0.2) is 13.2 Å². The highest BCUT2D eigenvalue weighted by Gasteiger charge is 2.31. The number of nitrogen functional groups attached to an aromatic ring is 1. The molecule has 1 atom stereocenters. The van der Waals surface area contributed by atoms with Gasteiger partial charge in [-0.3, -0.25) is 0 Å². The molecule has 0 bridgehead atoms. The first kappa shape index (κ1) is 13.2. The molecular weight excluding hydrogens is 278 g/mol. The number of benzene rings is 1. The van der Waals surface area contributed by atoms with Crippen LogP contribution in [0.2, 0.25) is 5.02 Å². The number of sulfone groups is 1. The van der Waals surface area contributed by atoms with Crippen LogP contribution >= 0.6 is 11.6 Å². The lowest BCUT2D eigenvalue weighted by Gasteiger charge is -2.12. The third-order valence-corrected chi connectivity index (χ3v) is 4.77.